The van der Waals surface area contributed by atoms with Crippen LogP contribution in [0.15, 0.2) is 47.4 Å². The van der Waals surface area contributed by atoms with Gasteiger partial charge in [0.1, 0.15) is 5.75 Å². The van der Waals surface area contributed by atoms with Crippen molar-refractivity contribution in [2.75, 3.05) is 44.9 Å². The summed E-state index contributed by atoms with van der Waals surface area (Å²) in [4.78, 5) is 22.7. The Morgan fingerprint density at radius 1 is 1.17 bits per heavy atom. The number of methoxy groups -OCH3 is 1. The molecule has 0 atom stereocenters. The molecular weight excluding hydrogens is 461 g/mol. The number of carbonyl (C=O) groups is 1. The van der Waals surface area contributed by atoms with Gasteiger partial charge < -0.3 is 9.64 Å². The Kier molecular flexibility index (Phi) is 9.71. The summed E-state index contributed by atoms with van der Waals surface area (Å²) in [5, 5.41) is 1.42. The van der Waals surface area contributed by atoms with E-state index in [9.17, 15) is 4.79 Å². The number of anilines is 1. The standard InChI is InChI=1S/C21H24ClN3O2S2.ClH/c1-24(2)11-4-12-25(20(26)14-28-17-8-5-15(22)6-9-17)21-23-18-10-7-16(27-3)13-19(18)29-21;/h5-10,13H,4,11-12,14H2,1-3H3;1H. The molecule has 3 rings (SSSR count). The maximum atomic E-state index is 13.1. The predicted molar refractivity (Wildman–Crippen MR) is 131 cm³/mol. The summed E-state index contributed by atoms with van der Waals surface area (Å²) < 4.78 is 6.32. The topological polar surface area (TPSA) is 45.7 Å². The number of aromatic nitrogens is 1. The van der Waals surface area contributed by atoms with E-state index in [0.717, 1.165) is 39.0 Å². The van der Waals surface area contributed by atoms with Gasteiger partial charge in [0.25, 0.3) is 0 Å². The zero-order valence-corrected chi connectivity index (χ0v) is 20.3. The molecule has 1 amide bonds. The van der Waals surface area contributed by atoms with Crippen LogP contribution >= 0.6 is 47.1 Å². The molecule has 0 spiro atoms. The monoisotopic (exact) mass is 485 g/mol. The van der Waals surface area contributed by atoms with Crippen molar-refractivity contribution in [3.8, 4) is 5.75 Å². The summed E-state index contributed by atoms with van der Waals surface area (Å²) in [7, 11) is 5.72. The second-order valence-electron chi connectivity index (χ2n) is 6.77. The van der Waals surface area contributed by atoms with Crippen LogP contribution in [0.3, 0.4) is 0 Å². The average molecular weight is 486 g/mol. The number of hydrogen-bond acceptors (Lipinski definition) is 6. The van der Waals surface area contributed by atoms with Crippen LogP contribution in [0, 0.1) is 0 Å². The lowest BCUT2D eigenvalue weighted by Gasteiger charge is -2.21. The van der Waals surface area contributed by atoms with Gasteiger partial charge in [-0.3, -0.25) is 9.69 Å². The van der Waals surface area contributed by atoms with Crippen molar-refractivity contribution in [2.24, 2.45) is 0 Å². The van der Waals surface area contributed by atoms with Gasteiger partial charge in [-0.1, -0.05) is 22.9 Å². The van der Waals surface area contributed by atoms with Crippen molar-refractivity contribution in [1.82, 2.24) is 9.88 Å². The van der Waals surface area contributed by atoms with E-state index >= 15 is 0 Å². The van der Waals surface area contributed by atoms with Gasteiger partial charge in [0.15, 0.2) is 5.13 Å². The summed E-state index contributed by atoms with van der Waals surface area (Å²) in [5.41, 5.74) is 0.876. The van der Waals surface area contributed by atoms with Crippen molar-refractivity contribution in [3.05, 3.63) is 47.5 Å². The number of benzene rings is 2. The molecule has 0 saturated heterocycles. The molecule has 3 aromatic rings. The van der Waals surface area contributed by atoms with E-state index in [1.54, 1.807) is 7.11 Å². The highest BCUT2D eigenvalue weighted by molar-refractivity contribution is 8.00. The van der Waals surface area contributed by atoms with Crippen LogP contribution in [0.25, 0.3) is 10.2 Å². The molecule has 30 heavy (non-hydrogen) atoms. The maximum Gasteiger partial charge on any atom is 0.239 e. The smallest absolute Gasteiger partial charge is 0.239 e. The molecule has 0 fully saturated rings. The van der Waals surface area contributed by atoms with Crippen LogP contribution in [0.5, 0.6) is 5.75 Å². The molecule has 9 heteroatoms. The highest BCUT2D eigenvalue weighted by Gasteiger charge is 2.20. The first-order valence-corrected chi connectivity index (χ1v) is 11.4. The van der Waals surface area contributed by atoms with Crippen LogP contribution in [0.2, 0.25) is 5.02 Å². The minimum Gasteiger partial charge on any atom is -0.497 e. The maximum absolute atomic E-state index is 13.1. The number of carbonyl (C=O) groups excluding carboxylic acids is 1. The van der Waals surface area contributed by atoms with Gasteiger partial charge in [0.2, 0.25) is 5.91 Å². The van der Waals surface area contributed by atoms with Crippen molar-refractivity contribution < 1.29 is 9.53 Å². The average Bonchev–Trinajstić information content (AvgIpc) is 3.13. The Hall–Kier alpha value is -1.51. The van der Waals surface area contributed by atoms with Crippen molar-refractivity contribution in [2.45, 2.75) is 11.3 Å². The lowest BCUT2D eigenvalue weighted by atomic mass is 10.3. The number of rotatable bonds is 9. The summed E-state index contributed by atoms with van der Waals surface area (Å²) in [6, 6.07) is 13.3. The molecule has 0 saturated carbocycles. The van der Waals surface area contributed by atoms with Crippen molar-refractivity contribution in [1.29, 1.82) is 0 Å². The van der Waals surface area contributed by atoms with Crippen molar-refractivity contribution >= 4 is 68.4 Å². The summed E-state index contributed by atoms with van der Waals surface area (Å²) in [5.74, 6) is 1.19. The fourth-order valence-electron chi connectivity index (χ4n) is 2.76. The minimum absolute atomic E-state index is 0. The van der Waals surface area contributed by atoms with E-state index < -0.39 is 0 Å². The predicted octanol–water partition coefficient (Wildman–Crippen LogP) is 5.46. The van der Waals surface area contributed by atoms with Crippen LogP contribution < -0.4 is 9.64 Å². The summed E-state index contributed by atoms with van der Waals surface area (Å²) in [6.07, 6.45) is 0.879. The number of fused-ring (bicyclic) bond motifs is 1. The quantitative estimate of drug-likeness (QED) is 0.376. The van der Waals surface area contributed by atoms with E-state index in [1.807, 2.05) is 61.5 Å². The van der Waals surface area contributed by atoms with Gasteiger partial charge in [-0.05, 0) is 69.5 Å². The summed E-state index contributed by atoms with van der Waals surface area (Å²) in [6.45, 7) is 1.54. The molecule has 0 N–H and O–H groups in total. The van der Waals surface area contributed by atoms with Gasteiger partial charge in [-0.15, -0.1) is 24.2 Å². The number of nitrogens with zero attached hydrogens (tertiary/aromatic N) is 3. The molecule has 0 unspecified atom stereocenters. The second-order valence-corrected chi connectivity index (χ2v) is 9.27. The fourth-order valence-corrected chi connectivity index (χ4v) is 4.70. The Bertz CT molecular complexity index is 965. The van der Waals surface area contributed by atoms with Crippen LogP contribution in [0.1, 0.15) is 6.42 Å². The van der Waals surface area contributed by atoms with Gasteiger partial charge >= 0.3 is 0 Å². The van der Waals surface area contributed by atoms with Gasteiger partial charge in [0, 0.05) is 16.5 Å². The van der Waals surface area contributed by atoms with Crippen molar-refractivity contribution in [3.63, 3.8) is 0 Å². The van der Waals surface area contributed by atoms with Crippen LogP contribution in [-0.4, -0.2) is 55.8 Å². The molecule has 0 bridgehead atoms. The molecule has 0 aliphatic heterocycles. The Labute approximate surface area is 196 Å². The van der Waals surface area contributed by atoms with E-state index in [2.05, 4.69) is 4.90 Å². The number of thioether (sulfide) groups is 1. The molecule has 0 aliphatic carbocycles. The molecule has 1 heterocycles. The Morgan fingerprint density at radius 3 is 2.57 bits per heavy atom. The van der Waals surface area contributed by atoms with Gasteiger partial charge in [0.05, 0.1) is 23.1 Å². The van der Waals surface area contributed by atoms with E-state index in [1.165, 1.54) is 23.1 Å². The molecule has 2 aromatic carbocycles. The molecule has 5 nitrogen and oxygen atoms in total. The van der Waals surface area contributed by atoms with Crippen LogP contribution in [0.4, 0.5) is 5.13 Å². The first-order valence-electron chi connectivity index (χ1n) is 9.24. The third-order valence-corrected chi connectivity index (χ3v) is 6.57. The van der Waals surface area contributed by atoms with E-state index in [-0.39, 0.29) is 18.3 Å². The first kappa shape index (κ1) is 24.8. The normalized spacial score (nSPS) is 10.8. The highest BCUT2D eigenvalue weighted by atomic mass is 35.5. The Morgan fingerprint density at radius 2 is 1.90 bits per heavy atom. The zero-order valence-electron chi connectivity index (χ0n) is 17.1. The Balaban J connectivity index is 0.00000320. The van der Waals surface area contributed by atoms with Gasteiger partial charge in [-0.25, -0.2) is 4.98 Å². The lowest BCUT2D eigenvalue weighted by molar-refractivity contribution is -0.116. The molecular formula is C21H25Cl2N3O2S2. The summed E-state index contributed by atoms with van der Waals surface area (Å²) >= 11 is 8.97. The third-order valence-electron chi connectivity index (χ3n) is 4.28. The number of thiazole rings is 1. The van der Waals surface area contributed by atoms with E-state index in [4.69, 9.17) is 21.3 Å². The van der Waals surface area contributed by atoms with E-state index in [0.29, 0.717) is 17.3 Å². The number of halogens is 2. The highest BCUT2D eigenvalue weighted by Crippen LogP contribution is 2.32. The number of amides is 1. The zero-order chi connectivity index (χ0) is 20.8. The molecule has 1 aromatic heterocycles. The molecule has 0 radical (unpaired) electrons. The SMILES string of the molecule is COc1ccc2nc(N(CCCN(C)C)C(=O)CSc3ccc(Cl)cc3)sc2c1.Cl. The van der Waals surface area contributed by atoms with Gasteiger partial charge in [-0.2, -0.15) is 0 Å². The molecule has 162 valence electrons. The number of hydrogen-bond donors (Lipinski definition) is 0. The second kappa shape index (κ2) is 11.8. The first-order chi connectivity index (χ1) is 14.0. The molecule has 0 aliphatic rings. The number of ether oxygens (including phenoxy) is 1. The fraction of sp³-hybridized carbons (Fsp3) is 0.333. The van der Waals surface area contributed by atoms with Crippen LogP contribution in [-0.2, 0) is 4.79 Å². The largest absolute Gasteiger partial charge is 0.497 e. The lowest BCUT2D eigenvalue weighted by Crippen LogP contribution is -2.34. The third kappa shape index (κ3) is 6.75. The minimum atomic E-state index is 0.